The Morgan fingerprint density at radius 2 is 1.77 bits per heavy atom. The summed E-state index contributed by atoms with van der Waals surface area (Å²) in [6.07, 6.45) is 1.93. The lowest BCUT2D eigenvalue weighted by Crippen LogP contribution is -2.44. The van der Waals surface area contributed by atoms with Gasteiger partial charge in [-0.1, -0.05) is 55.0 Å². The van der Waals surface area contributed by atoms with E-state index in [4.69, 9.17) is 0 Å². The largest absolute Gasteiger partial charge is 0.349 e. The minimum Gasteiger partial charge on any atom is -0.349 e. The first-order chi connectivity index (χ1) is 14.7. The molecule has 0 aliphatic carbocycles. The molecule has 0 aromatic heterocycles. The van der Waals surface area contributed by atoms with Gasteiger partial charge in [0.1, 0.15) is 0 Å². The lowest BCUT2D eigenvalue weighted by molar-refractivity contribution is -0.126. The fraction of sp³-hybridized carbons (Fsp3) is 0.480. The monoisotopic (exact) mass is 442 g/mol. The predicted molar refractivity (Wildman–Crippen MR) is 125 cm³/mol. The minimum atomic E-state index is -3.38. The summed E-state index contributed by atoms with van der Waals surface area (Å²) in [6.45, 7) is 8.99. The highest BCUT2D eigenvalue weighted by molar-refractivity contribution is 7.88. The van der Waals surface area contributed by atoms with Crippen LogP contribution in [0.25, 0.3) is 0 Å². The van der Waals surface area contributed by atoms with Gasteiger partial charge in [0, 0.05) is 19.0 Å². The summed E-state index contributed by atoms with van der Waals surface area (Å²) < 4.78 is 27.2. The van der Waals surface area contributed by atoms with E-state index in [1.165, 1.54) is 11.1 Å². The van der Waals surface area contributed by atoms with Crippen molar-refractivity contribution < 1.29 is 13.2 Å². The highest BCUT2D eigenvalue weighted by Gasteiger charge is 2.32. The zero-order valence-electron chi connectivity index (χ0n) is 19.0. The van der Waals surface area contributed by atoms with Crippen molar-refractivity contribution in [2.75, 3.05) is 13.1 Å². The maximum Gasteiger partial charge on any atom is 0.223 e. The summed E-state index contributed by atoms with van der Waals surface area (Å²) >= 11 is 0. The van der Waals surface area contributed by atoms with Crippen LogP contribution in [0.3, 0.4) is 0 Å². The maximum absolute atomic E-state index is 12.9. The molecule has 168 valence electrons. The molecule has 1 unspecified atom stereocenters. The molecule has 1 N–H and O–H groups in total. The third-order valence-corrected chi connectivity index (χ3v) is 8.16. The van der Waals surface area contributed by atoms with Gasteiger partial charge in [-0.25, -0.2) is 12.7 Å². The Balaban J connectivity index is 1.58. The molecule has 0 bridgehead atoms. The number of hydrogen-bond donors (Lipinski definition) is 1. The molecule has 0 saturated carbocycles. The Kier molecular flexibility index (Phi) is 7.55. The molecule has 1 atom stereocenters. The van der Waals surface area contributed by atoms with Gasteiger partial charge in [-0.3, -0.25) is 4.79 Å². The topological polar surface area (TPSA) is 66.5 Å². The van der Waals surface area contributed by atoms with Gasteiger partial charge in [-0.15, -0.1) is 0 Å². The molecule has 1 heterocycles. The number of benzene rings is 2. The number of sulfonamides is 1. The molecule has 1 fully saturated rings. The number of rotatable bonds is 7. The SMILES string of the molecule is CCC(NC(=O)C1CCN(S(=O)(=O)Cc2cccc(C)c2)CC1)c1ccc(C)c(C)c1. The number of piperidine rings is 1. The summed E-state index contributed by atoms with van der Waals surface area (Å²) in [5.41, 5.74) is 5.44. The Morgan fingerprint density at radius 3 is 2.39 bits per heavy atom. The Labute approximate surface area is 186 Å². The van der Waals surface area contributed by atoms with Crippen LogP contribution in [-0.4, -0.2) is 31.7 Å². The van der Waals surface area contributed by atoms with Gasteiger partial charge in [-0.05, 0) is 62.3 Å². The van der Waals surface area contributed by atoms with Crippen molar-refractivity contribution in [3.63, 3.8) is 0 Å². The molecule has 1 aliphatic rings. The van der Waals surface area contributed by atoms with E-state index in [0.29, 0.717) is 25.9 Å². The van der Waals surface area contributed by atoms with Gasteiger partial charge in [0.15, 0.2) is 0 Å². The third kappa shape index (κ3) is 5.95. The molecule has 31 heavy (non-hydrogen) atoms. The molecule has 3 rings (SSSR count). The highest BCUT2D eigenvalue weighted by Crippen LogP contribution is 2.25. The van der Waals surface area contributed by atoms with Crippen LogP contribution in [0.5, 0.6) is 0 Å². The average molecular weight is 443 g/mol. The molecule has 2 aromatic carbocycles. The molecule has 1 amide bonds. The van der Waals surface area contributed by atoms with E-state index in [-0.39, 0.29) is 23.6 Å². The van der Waals surface area contributed by atoms with Crippen molar-refractivity contribution in [2.45, 2.75) is 58.8 Å². The van der Waals surface area contributed by atoms with Gasteiger partial charge in [0.05, 0.1) is 11.8 Å². The first-order valence-corrected chi connectivity index (χ1v) is 12.7. The second-order valence-corrected chi connectivity index (χ2v) is 10.7. The van der Waals surface area contributed by atoms with Crippen molar-refractivity contribution in [3.05, 3.63) is 70.3 Å². The van der Waals surface area contributed by atoms with E-state index in [1.54, 1.807) is 4.31 Å². The standard InChI is InChI=1S/C25H34N2O3S/c1-5-24(23-10-9-19(3)20(4)16-23)26-25(28)22-11-13-27(14-12-22)31(29,30)17-21-8-6-7-18(2)15-21/h6-10,15-16,22,24H,5,11-14,17H2,1-4H3,(H,26,28). The third-order valence-electron chi connectivity index (χ3n) is 6.31. The number of carbonyl (C=O) groups is 1. The van der Waals surface area contributed by atoms with E-state index in [2.05, 4.69) is 44.3 Å². The number of amides is 1. The van der Waals surface area contributed by atoms with Gasteiger partial charge in [-0.2, -0.15) is 0 Å². The number of carbonyl (C=O) groups excluding carboxylic acids is 1. The number of nitrogens with one attached hydrogen (secondary N) is 1. The summed E-state index contributed by atoms with van der Waals surface area (Å²) in [4.78, 5) is 12.9. The van der Waals surface area contributed by atoms with Crippen LogP contribution in [0.4, 0.5) is 0 Å². The van der Waals surface area contributed by atoms with Crippen molar-refractivity contribution in [3.8, 4) is 0 Å². The molecule has 1 aliphatic heterocycles. The lowest BCUT2D eigenvalue weighted by atomic mass is 9.95. The zero-order chi connectivity index (χ0) is 22.6. The number of aryl methyl sites for hydroxylation is 3. The first kappa shape index (κ1) is 23.5. The molecular formula is C25H34N2O3S. The van der Waals surface area contributed by atoms with Crippen LogP contribution in [0.1, 0.15) is 60.0 Å². The predicted octanol–water partition coefficient (Wildman–Crippen LogP) is 4.42. The first-order valence-electron chi connectivity index (χ1n) is 11.1. The molecular weight excluding hydrogens is 408 g/mol. The fourth-order valence-electron chi connectivity index (χ4n) is 4.19. The van der Waals surface area contributed by atoms with Crippen LogP contribution < -0.4 is 5.32 Å². The van der Waals surface area contributed by atoms with Crippen molar-refractivity contribution in [1.29, 1.82) is 0 Å². The van der Waals surface area contributed by atoms with Gasteiger partial charge < -0.3 is 5.32 Å². The van der Waals surface area contributed by atoms with Crippen molar-refractivity contribution >= 4 is 15.9 Å². The second kappa shape index (κ2) is 9.96. The van der Waals surface area contributed by atoms with E-state index < -0.39 is 10.0 Å². The Morgan fingerprint density at radius 1 is 1.06 bits per heavy atom. The number of nitrogens with zero attached hydrogens (tertiary/aromatic N) is 1. The lowest BCUT2D eigenvalue weighted by Gasteiger charge is -2.31. The smallest absolute Gasteiger partial charge is 0.223 e. The van der Waals surface area contributed by atoms with Crippen LogP contribution in [0.15, 0.2) is 42.5 Å². The summed E-state index contributed by atoms with van der Waals surface area (Å²) in [7, 11) is -3.38. The van der Waals surface area contributed by atoms with E-state index >= 15 is 0 Å². The zero-order valence-corrected chi connectivity index (χ0v) is 19.8. The maximum atomic E-state index is 12.9. The fourth-order valence-corrected chi connectivity index (χ4v) is 5.74. The van der Waals surface area contributed by atoms with Crippen molar-refractivity contribution in [2.24, 2.45) is 5.92 Å². The van der Waals surface area contributed by atoms with Gasteiger partial charge in [0.25, 0.3) is 0 Å². The van der Waals surface area contributed by atoms with Crippen LogP contribution >= 0.6 is 0 Å². The number of hydrogen-bond acceptors (Lipinski definition) is 3. The Hall–Kier alpha value is -2.18. The van der Waals surface area contributed by atoms with Crippen LogP contribution in [0.2, 0.25) is 0 Å². The minimum absolute atomic E-state index is 0.0101. The van der Waals surface area contributed by atoms with Crippen molar-refractivity contribution in [1.82, 2.24) is 9.62 Å². The van der Waals surface area contributed by atoms with Crippen LogP contribution in [0, 0.1) is 26.7 Å². The molecule has 2 aromatic rings. The summed E-state index contributed by atoms with van der Waals surface area (Å²) in [6, 6.07) is 13.9. The highest BCUT2D eigenvalue weighted by atomic mass is 32.2. The quantitative estimate of drug-likeness (QED) is 0.690. The summed E-state index contributed by atoms with van der Waals surface area (Å²) in [5.74, 6) is -0.109. The molecule has 6 heteroatoms. The molecule has 5 nitrogen and oxygen atoms in total. The molecule has 1 saturated heterocycles. The second-order valence-electron chi connectivity index (χ2n) is 8.73. The molecule has 0 radical (unpaired) electrons. The average Bonchev–Trinajstić information content (AvgIpc) is 2.73. The van der Waals surface area contributed by atoms with E-state index in [0.717, 1.165) is 23.1 Å². The van der Waals surface area contributed by atoms with E-state index in [1.807, 2.05) is 31.2 Å². The normalized spacial score (nSPS) is 16.8. The molecule has 0 spiro atoms. The van der Waals surface area contributed by atoms with E-state index in [9.17, 15) is 13.2 Å². The Bertz CT molecular complexity index is 1020. The van der Waals surface area contributed by atoms with Gasteiger partial charge >= 0.3 is 0 Å². The van der Waals surface area contributed by atoms with Gasteiger partial charge in [0.2, 0.25) is 15.9 Å². The van der Waals surface area contributed by atoms with Crippen LogP contribution in [-0.2, 0) is 20.6 Å². The summed E-state index contributed by atoms with van der Waals surface area (Å²) in [5, 5.41) is 3.19.